The van der Waals surface area contributed by atoms with Gasteiger partial charge in [0, 0.05) is 23.4 Å². The molecule has 1 aromatic heterocycles. The van der Waals surface area contributed by atoms with E-state index in [4.69, 9.17) is 16.3 Å². The molecule has 1 N–H and O–H groups in total. The summed E-state index contributed by atoms with van der Waals surface area (Å²) in [5.41, 5.74) is 2.28. The second-order valence-corrected chi connectivity index (χ2v) is 8.91. The van der Waals surface area contributed by atoms with Crippen LogP contribution in [0.15, 0.2) is 66.7 Å². The number of ether oxygens (including phenoxy) is 1. The number of benzene rings is 3. The normalized spacial score (nSPS) is 15.1. The fourth-order valence-corrected chi connectivity index (χ4v) is 4.17. The number of halogens is 2. The van der Waals surface area contributed by atoms with Crippen LogP contribution < -0.4 is 10.2 Å². The van der Waals surface area contributed by atoms with Gasteiger partial charge in [-0.15, -0.1) is 5.10 Å². The first-order valence-corrected chi connectivity index (χ1v) is 11.9. The molecule has 2 amide bonds. The zero-order chi connectivity index (χ0) is 25.9. The Labute approximate surface area is 215 Å². The number of nitrogens with one attached hydrogen (secondary N) is 1. The predicted molar refractivity (Wildman–Crippen MR) is 134 cm³/mol. The highest BCUT2D eigenvalue weighted by molar-refractivity contribution is 6.30. The maximum atomic E-state index is 15.0. The minimum absolute atomic E-state index is 0.00448. The number of rotatable bonds is 8. The Morgan fingerprint density at radius 2 is 1.86 bits per heavy atom. The topological polar surface area (TPSA) is 106 Å². The molecule has 4 aromatic rings. The lowest BCUT2D eigenvalue weighted by atomic mass is 10.1. The zero-order valence-corrected chi connectivity index (χ0v) is 20.2. The summed E-state index contributed by atoms with van der Waals surface area (Å²) >= 11 is 5.82. The van der Waals surface area contributed by atoms with Gasteiger partial charge in [0.1, 0.15) is 17.3 Å². The van der Waals surface area contributed by atoms with Crippen LogP contribution in [0.2, 0.25) is 5.02 Å². The van der Waals surface area contributed by atoms with Crippen LogP contribution in [-0.2, 0) is 9.53 Å². The third kappa shape index (κ3) is 5.29. The van der Waals surface area contributed by atoms with Crippen molar-refractivity contribution in [1.82, 2.24) is 20.3 Å². The number of carbonyl (C=O) groups excluding carboxylic acids is 3. The first-order chi connectivity index (χ1) is 17.9. The summed E-state index contributed by atoms with van der Waals surface area (Å²) in [6, 6.07) is 18.0. The van der Waals surface area contributed by atoms with Gasteiger partial charge in [-0.25, -0.2) is 13.9 Å². The van der Waals surface area contributed by atoms with Crippen molar-refractivity contribution in [2.24, 2.45) is 0 Å². The van der Waals surface area contributed by atoms with Crippen LogP contribution >= 0.6 is 11.6 Å². The Morgan fingerprint density at radius 3 is 2.65 bits per heavy atom. The molecule has 5 rings (SSSR count). The van der Waals surface area contributed by atoms with Gasteiger partial charge >= 0.3 is 6.09 Å². The van der Waals surface area contributed by atoms with Gasteiger partial charge in [-0.2, -0.15) is 0 Å². The van der Waals surface area contributed by atoms with Crippen LogP contribution in [0.25, 0.3) is 16.7 Å². The predicted octanol–water partition coefficient (Wildman–Crippen LogP) is 4.32. The van der Waals surface area contributed by atoms with Crippen LogP contribution in [0.1, 0.15) is 23.2 Å². The fraction of sp³-hybridized carbons (Fsp3) is 0.192. The van der Waals surface area contributed by atoms with E-state index in [-0.39, 0.29) is 43.3 Å². The van der Waals surface area contributed by atoms with Crippen molar-refractivity contribution >= 4 is 46.1 Å². The van der Waals surface area contributed by atoms with Gasteiger partial charge in [0.15, 0.2) is 11.6 Å². The summed E-state index contributed by atoms with van der Waals surface area (Å²) in [5.74, 6) is -1.09. The fourth-order valence-electron chi connectivity index (χ4n) is 4.04. The van der Waals surface area contributed by atoms with E-state index >= 15 is 4.39 Å². The Hall–Kier alpha value is -4.31. The number of hydrogen-bond acceptors (Lipinski definition) is 6. The Bertz CT molecular complexity index is 1490. The lowest BCUT2D eigenvalue weighted by molar-refractivity contribution is -0.121. The Morgan fingerprint density at radius 1 is 1.08 bits per heavy atom. The summed E-state index contributed by atoms with van der Waals surface area (Å²) in [6.07, 6.45) is -1.23. The summed E-state index contributed by atoms with van der Waals surface area (Å²) in [6.45, 7) is 0.204. The van der Waals surface area contributed by atoms with E-state index in [9.17, 15) is 14.4 Å². The van der Waals surface area contributed by atoms with E-state index < -0.39 is 18.0 Å². The standard InChI is InChI=1S/C26H21ClFN5O4/c27-17-7-5-16(6-8-17)24(34)11-12-25(35)29-14-19-15-32(26(36)37-19)18-9-10-22(20(28)13-18)33-23-4-2-1-3-21(23)30-31-33/h1-10,13,19H,11-12,14-15H2,(H,29,35)/t19-/m0/s1. The van der Waals surface area contributed by atoms with Gasteiger partial charge in [-0.3, -0.25) is 14.5 Å². The molecule has 188 valence electrons. The highest BCUT2D eigenvalue weighted by Gasteiger charge is 2.33. The van der Waals surface area contributed by atoms with Crippen LogP contribution in [0.3, 0.4) is 0 Å². The number of aromatic nitrogens is 3. The molecule has 37 heavy (non-hydrogen) atoms. The molecule has 0 radical (unpaired) electrons. The van der Waals surface area contributed by atoms with E-state index in [0.29, 0.717) is 27.3 Å². The van der Waals surface area contributed by atoms with Crippen molar-refractivity contribution in [3.05, 3.63) is 83.1 Å². The van der Waals surface area contributed by atoms with Crippen molar-refractivity contribution in [2.45, 2.75) is 18.9 Å². The quantitative estimate of drug-likeness (QED) is 0.346. The van der Waals surface area contributed by atoms with Crippen molar-refractivity contribution in [2.75, 3.05) is 18.0 Å². The molecule has 3 aromatic carbocycles. The largest absolute Gasteiger partial charge is 0.442 e. The zero-order valence-electron chi connectivity index (χ0n) is 19.4. The minimum atomic E-state index is -0.643. The lowest BCUT2D eigenvalue weighted by Crippen LogP contribution is -2.34. The number of hydrogen-bond donors (Lipinski definition) is 1. The molecule has 0 unspecified atom stereocenters. The molecule has 9 nitrogen and oxygen atoms in total. The number of fused-ring (bicyclic) bond motifs is 1. The number of para-hydroxylation sites is 1. The highest BCUT2D eigenvalue weighted by atomic mass is 35.5. The first-order valence-electron chi connectivity index (χ1n) is 11.5. The van der Waals surface area contributed by atoms with E-state index in [1.54, 1.807) is 42.5 Å². The molecule has 1 aliphatic rings. The third-order valence-corrected chi connectivity index (χ3v) is 6.22. The maximum absolute atomic E-state index is 15.0. The Kier molecular flexibility index (Phi) is 6.82. The van der Waals surface area contributed by atoms with Gasteiger partial charge in [0.25, 0.3) is 0 Å². The van der Waals surface area contributed by atoms with Gasteiger partial charge in [-0.1, -0.05) is 28.9 Å². The van der Waals surface area contributed by atoms with Gasteiger partial charge in [-0.05, 0) is 54.6 Å². The number of amides is 2. The van der Waals surface area contributed by atoms with Gasteiger partial charge < -0.3 is 10.1 Å². The molecular weight excluding hydrogens is 501 g/mol. The number of Topliss-reactive ketones (excluding diaryl/α,β-unsaturated/α-hetero) is 1. The molecule has 1 atom stereocenters. The number of cyclic esters (lactones) is 1. The lowest BCUT2D eigenvalue weighted by Gasteiger charge is -2.14. The van der Waals surface area contributed by atoms with Gasteiger partial charge in [0.2, 0.25) is 5.91 Å². The molecule has 2 heterocycles. The summed E-state index contributed by atoms with van der Waals surface area (Å²) in [7, 11) is 0. The molecule has 0 aliphatic carbocycles. The second-order valence-electron chi connectivity index (χ2n) is 8.48. The number of nitrogens with zero attached hydrogens (tertiary/aromatic N) is 4. The molecule has 0 saturated carbocycles. The number of anilines is 1. The second kappa shape index (κ2) is 10.4. The van der Waals surface area contributed by atoms with Crippen molar-refractivity contribution in [1.29, 1.82) is 0 Å². The Balaban J connectivity index is 1.16. The van der Waals surface area contributed by atoms with E-state index in [0.717, 1.165) is 0 Å². The molecule has 0 spiro atoms. The summed E-state index contributed by atoms with van der Waals surface area (Å²) in [5, 5.41) is 11.3. The SMILES string of the molecule is O=C(CCC(=O)c1ccc(Cl)cc1)NC[C@H]1CN(c2ccc(-n3nnc4ccccc43)c(F)c2)C(=O)O1. The maximum Gasteiger partial charge on any atom is 0.414 e. The van der Waals surface area contributed by atoms with Crippen LogP contribution in [-0.4, -0.2) is 52.0 Å². The monoisotopic (exact) mass is 521 g/mol. The number of carbonyl (C=O) groups is 3. The van der Waals surface area contributed by atoms with Crippen LogP contribution in [0.5, 0.6) is 0 Å². The number of ketones is 1. The van der Waals surface area contributed by atoms with Gasteiger partial charge in [0.05, 0.1) is 24.3 Å². The first kappa shape index (κ1) is 24.4. The van der Waals surface area contributed by atoms with Crippen molar-refractivity contribution < 1.29 is 23.5 Å². The van der Waals surface area contributed by atoms with Crippen LogP contribution in [0, 0.1) is 5.82 Å². The molecule has 1 saturated heterocycles. The van der Waals surface area contributed by atoms with E-state index in [1.807, 2.05) is 12.1 Å². The minimum Gasteiger partial charge on any atom is -0.442 e. The highest BCUT2D eigenvalue weighted by Crippen LogP contribution is 2.26. The third-order valence-electron chi connectivity index (χ3n) is 5.97. The van der Waals surface area contributed by atoms with Crippen molar-refractivity contribution in [3.63, 3.8) is 0 Å². The van der Waals surface area contributed by atoms with Crippen molar-refractivity contribution in [3.8, 4) is 5.69 Å². The van der Waals surface area contributed by atoms with Crippen LogP contribution in [0.4, 0.5) is 14.9 Å². The van der Waals surface area contributed by atoms with E-state index in [1.165, 1.54) is 21.7 Å². The average molecular weight is 522 g/mol. The molecule has 11 heteroatoms. The molecular formula is C26H21ClFN5O4. The van der Waals surface area contributed by atoms with E-state index in [2.05, 4.69) is 15.6 Å². The molecule has 1 fully saturated rings. The molecule has 1 aliphatic heterocycles. The average Bonchev–Trinajstić information content (AvgIpc) is 3.49. The smallest absolute Gasteiger partial charge is 0.414 e. The molecule has 0 bridgehead atoms. The summed E-state index contributed by atoms with van der Waals surface area (Å²) < 4.78 is 21.7. The summed E-state index contributed by atoms with van der Waals surface area (Å²) in [4.78, 5) is 38.1.